The lowest BCUT2D eigenvalue weighted by atomic mass is 9.85. The highest BCUT2D eigenvalue weighted by Crippen LogP contribution is 2.46. The zero-order valence-electron chi connectivity index (χ0n) is 18.5. The molecule has 3 amide bonds. The molecule has 0 saturated heterocycles. The average Bonchev–Trinajstić information content (AvgIpc) is 3.25. The fourth-order valence-corrected chi connectivity index (χ4v) is 4.88. The number of hydrogen-bond acceptors (Lipinski definition) is 5. The molecule has 0 radical (unpaired) electrons. The molecule has 2 aliphatic rings. The van der Waals surface area contributed by atoms with Crippen LogP contribution in [0.25, 0.3) is 11.1 Å². The van der Waals surface area contributed by atoms with Crippen molar-refractivity contribution in [3.63, 3.8) is 0 Å². The van der Waals surface area contributed by atoms with Crippen molar-refractivity contribution in [3.05, 3.63) is 29.2 Å². The molecule has 172 valence electrons. The van der Waals surface area contributed by atoms with Gasteiger partial charge in [0.1, 0.15) is 11.9 Å². The van der Waals surface area contributed by atoms with Crippen LogP contribution in [-0.2, 0) is 11.3 Å². The van der Waals surface area contributed by atoms with E-state index >= 15 is 0 Å². The van der Waals surface area contributed by atoms with Gasteiger partial charge in [-0.3, -0.25) is 14.8 Å². The molecule has 3 heterocycles. The Morgan fingerprint density at radius 3 is 2.78 bits per heavy atom. The minimum atomic E-state index is -0.677. The van der Waals surface area contributed by atoms with Gasteiger partial charge in [0.15, 0.2) is 0 Å². The first kappa shape index (κ1) is 22.5. The second-order valence-electron chi connectivity index (χ2n) is 9.31. The van der Waals surface area contributed by atoms with Crippen LogP contribution in [0.2, 0.25) is 5.02 Å². The molecule has 4 N–H and O–H groups in total. The van der Waals surface area contributed by atoms with Crippen LogP contribution in [0.15, 0.2) is 18.5 Å². The summed E-state index contributed by atoms with van der Waals surface area (Å²) in [6, 6.07) is 1.23. The Hall–Kier alpha value is -2.65. The molecule has 1 fully saturated rings. The summed E-state index contributed by atoms with van der Waals surface area (Å²) in [5.41, 5.74) is 1.75. The summed E-state index contributed by atoms with van der Waals surface area (Å²) in [4.78, 5) is 28.7. The smallest absolute Gasteiger partial charge is 0.320 e. The Labute approximate surface area is 191 Å². The minimum Gasteiger partial charge on any atom is -0.386 e. The summed E-state index contributed by atoms with van der Waals surface area (Å²) in [6.45, 7) is 4.58. The van der Waals surface area contributed by atoms with Crippen LogP contribution in [0, 0.1) is 11.3 Å². The Balaban J connectivity index is 1.48. The Kier molecular flexibility index (Phi) is 6.13. The van der Waals surface area contributed by atoms with Crippen molar-refractivity contribution in [1.29, 1.82) is 0 Å². The summed E-state index contributed by atoms with van der Waals surface area (Å²) in [6.07, 6.45) is 5.64. The summed E-state index contributed by atoms with van der Waals surface area (Å²) >= 11 is 6.41. The van der Waals surface area contributed by atoms with E-state index < -0.39 is 6.10 Å². The van der Waals surface area contributed by atoms with Gasteiger partial charge in [-0.15, -0.1) is 0 Å². The Morgan fingerprint density at radius 2 is 2.03 bits per heavy atom. The zero-order chi connectivity index (χ0) is 23.0. The third-order valence-electron chi connectivity index (χ3n) is 6.45. The van der Waals surface area contributed by atoms with E-state index in [0.29, 0.717) is 35.1 Å². The number of carbonyl (C=O) groups is 2. The number of halogens is 1. The fourth-order valence-electron chi connectivity index (χ4n) is 4.67. The number of carbonyl (C=O) groups excluding carboxylic acids is 2. The maximum absolute atomic E-state index is 12.6. The molecule has 9 nitrogen and oxygen atoms in total. The fraction of sp³-hybridized carbons (Fsp3) is 0.545. The number of hydrogen-bond donors (Lipinski definition) is 4. The molecule has 1 aliphatic carbocycles. The number of rotatable bonds is 4. The maximum atomic E-state index is 12.6. The monoisotopic (exact) mass is 460 g/mol. The van der Waals surface area contributed by atoms with E-state index in [4.69, 9.17) is 11.6 Å². The molecule has 32 heavy (non-hydrogen) atoms. The largest absolute Gasteiger partial charge is 0.386 e. The summed E-state index contributed by atoms with van der Waals surface area (Å²) < 4.78 is 1.79. The van der Waals surface area contributed by atoms with E-state index in [1.807, 2.05) is 13.8 Å². The Morgan fingerprint density at radius 1 is 1.25 bits per heavy atom. The second-order valence-corrected chi connectivity index (χ2v) is 9.72. The van der Waals surface area contributed by atoms with Gasteiger partial charge in [-0.1, -0.05) is 31.9 Å². The van der Waals surface area contributed by atoms with E-state index in [0.717, 1.165) is 24.8 Å². The number of pyridine rings is 1. The van der Waals surface area contributed by atoms with Gasteiger partial charge in [-0.2, -0.15) is 5.10 Å². The summed E-state index contributed by atoms with van der Waals surface area (Å²) in [5.74, 6) is 0.270. The highest BCUT2D eigenvalue weighted by Gasteiger charge is 2.41. The lowest BCUT2D eigenvalue weighted by Gasteiger charge is -2.28. The van der Waals surface area contributed by atoms with Crippen molar-refractivity contribution in [2.75, 3.05) is 12.4 Å². The topological polar surface area (TPSA) is 121 Å². The van der Waals surface area contributed by atoms with Gasteiger partial charge < -0.3 is 15.7 Å². The minimum absolute atomic E-state index is 0.0139. The van der Waals surface area contributed by atoms with Gasteiger partial charge in [0.05, 0.1) is 16.9 Å². The first-order valence-electron chi connectivity index (χ1n) is 10.9. The predicted octanol–water partition coefficient (Wildman–Crippen LogP) is 3.10. The van der Waals surface area contributed by atoms with Gasteiger partial charge >= 0.3 is 6.03 Å². The predicted molar refractivity (Wildman–Crippen MR) is 121 cm³/mol. The van der Waals surface area contributed by atoms with Crippen LogP contribution >= 0.6 is 11.6 Å². The first-order valence-corrected chi connectivity index (χ1v) is 11.3. The van der Waals surface area contributed by atoms with Gasteiger partial charge in [-0.05, 0) is 25.3 Å². The maximum Gasteiger partial charge on any atom is 0.320 e. The molecule has 4 rings (SSSR count). The van der Waals surface area contributed by atoms with Crippen molar-refractivity contribution in [2.24, 2.45) is 11.3 Å². The van der Waals surface area contributed by atoms with Gasteiger partial charge in [-0.25, -0.2) is 9.78 Å². The number of aliphatic hydroxyl groups is 1. The van der Waals surface area contributed by atoms with E-state index in [-0.39, 0.29) is 29.3 Å². The highest BCUT2D eigenvalue weighted by atomic mass is 35.5. The third kappa shape index (κ3) is 4.31. The van der Waals surface area contributed by atoms with Crippen LogP contribution < -0.4 is 16.0 Å². The average molecular weight is 461 g/mol. The zero-order valence-corrected chi connectivity index (χ0v) is 19.2. The number of nitrogens with one attached hydrogen (secondary N) is 3. The third-order valence-corrected chi connectivity index (χ3v) is 6.75. The molecule has 0 spiro atoms. The molecule has 1 aliphatic heterocycles. The molecule has 10 heteroatoms. The molecule has 0 bridgehead atoms. The quantitative estimate of drug-likeness (QED) is 0.558. The molecule has 1 saturated carbocycles. The normalized spacial score (nSPS) is 24.0. The second kappa shape index (κ2) is 8.71. The molecular formula is C22H29ClN6O3. The van der Waals surface area contributed by atoms with E-state index in [9.17, 15) is 14.7 Å². The van der Waals surface area contributed by atoms with Crippen LogP contribution in [0.1, 0.15) is 51.3 Å². The van der Waals surface area contributed by atoms with Crippen molar-refractivity contribution in [1.82, 2.24) is 25.4 Å². The number of fused-ring (bicyclic) bond motifs is 1. The van der Waals surface area contributed by atoms with E-state index in [2.05, 4.69) is 26.0 Å². The number of amides is 3. The standard InChI is InChI=1S/C22H29ClN6O3/c1-22(2)11-29-18(19(22)30)15(9-26-29)14-8-17(25-10-16(14)23)28-21(32)27-13-6-4-5-12(7-13)20(31)24-3/h8-10,12-13,19,30H,4-7,11H2,1-3H3,(H,24,31)(H2,25,27,28,32)/t12-,13?,19?/m1/s1. The van der Waals surface area contributed by atoms with Crippen LogP contribution in [0.4, 0.5) is 10.6 Å². The Bertz CT molecular complexity index is 1040. The van der Waals surface area contributed by atoms with Crippen molar-refractivity contribution in [2.45, 2.75) is 58.2 Å². The number of urea groups is 1. The number of aromatic nitrogens is 3. The number of aliphatic hydroxyl groups excluding tert-OH is 1. The molecule has 2 unspecified atom stereocenters. The van der Waals surface area contributed by atoms with Crippen LogP contribution in [0.5, 0.6) is 0 Å². The SMILES string of the molecule is CNC(=O)[C@@H]1CCCC(NC(=O)Nc2cc(-c3cnn4c3C(O)C(C)(C)C4)c(Cl)cn2)C1. The van der Waals surface area contributed by atoms with Crippen molar-refractivity contribution < 1.29 is 14.7 Å². The van der Waals surface area contributed by atoms with E-state index in [1.54, 1.807) is 24.0 Å². The highest BCUT2D eigenvalue weighted by molar-refractivity contribution is 6.33. The lowest BCUT2D eigenvalue weighted by molar-refractivity contribution is -0.125. The molecular weight excluding hydrogens is 432 g/mol. The lowest BCUT2D eigenvalue weighted by Crippen LogP contribution is -2.43. The first-order chi connectivity index (χ1) is 15.2. The summed E-state index contributed by atoms with van der Waals surface area (Å²) in [5, 5.41) is 24.0. The van der Waals surface area contributed by atoms with Gasteiger partial charge in [0.2, 0.25) is 5.91 Å². The van der Waals surface area contributed by atoms with Crippen molar-refractivity contribution >= 4 is 29.4 Å². The van der Waals surface area contributed by atoms with Gasteiger partial charge in [0.25, 0.3) is 0 Å². The van der Waals surface area contributed by atoms with Gasteiger partial charge in [0, 0.05) is 48.3 Å². The molecule has 0 aromatic carbocycles. The van der Waals surface area contributed by atoms with E-state index in [1.165, 1.54) is 6.20 Å². The summed E-state index contributed by atoms with van der Waals surface area (Å²) in [7, 11) is 1.63. The molecule has 2 aromatic rings. The van der Waals surface area contributed by atoms with Crippen LogP contribution in [0.3, 0.4) is 0 Å². The molecule has 2 aromatic heterocycles. The van der Waals surface area contributed by atoms with Crippen LogP contribution in [-0.4, -0.2) is 44.9 Å². The number of nitrogens with zero attached hydrogens (tertiary/aromatic N) is 3. The molecule has 3 atom stereocenters. The van der Waals surface area contributed by atoms with Crippen molar-refractivity contribution in [3.8, 4) is 11.1 Å². The number of anilines is 1.